The Morgan fingerprint density at radius 3 is 0.905 bits per heavy atom. The quantitative estimate of drug-likeness (QED) is 0.0715. The summed E-state index contributed by atoms with van der Waals surface area (Å²) in [7, 11) is 0. The van der Waals surface area contributed by atoms with Crippen molar-refractivity contribution < 1.29 is 120 Å². The molecule has 0 aliphatic heterocycles. The van der Waals surface area contributed by atoms with Crippen LogP contribution in [-0.4, -0.2) is 22.0 Å². The number of hydrogen-bond donors (Lipinski definition) is 1. The number of ketones is 1. The minimum atomic E-state index is -6.13. The number of nitrogens with zero attached hydrogens (tertiary/aromatic N) is 2. The van der Waals surface area contributed by atoms with Crippen molar-refractivity contribution in [2.24, 2.45) is 0 Å². The van der Waals surface area contributed by atoms with E-state index >= 15 is 0 Å². The van der Waals surface area contributed by atoms with Gasteiger partial charge in [-0.2, -0.15) is 132 Å². The monoisotopic (exact) mass is 1090 g/mol. The highest BCUT2D eigenvalue weighted by molar-refractivity contribution is 7.20. The first kappa shape index (κ1) is 58.1. The molecule has 0 saturated heterocycles. The molecular weight excluding hydrogens is 1070 g/mol. The Bertz CT molecular complexity index is 2550. The van der Waals surface area contributed by atoms with Crippen molar-refractivity contribution >= 4 is 33.8 Å². The predicted molar refractivity (Wildman–Crippen MR) is 211 cm³/mol. The first-order chi connectivity index (χ1) is 33.6. The maximum Gasteiger partial charge on any atom is 0.416 e. The molecule has 5 aromatic carbocycles. The largest absolute Gasteiger partial charge is 0.416 e. The summed E-state index contributed by atoms with van der Waals surface area (Å²) in [6.45, 7) is 0.0817. The Morgan fingerprint density at radius 2 is 0.676 bits per heavy atom. The summed E-state index contributed by atoms with van der Waals surface area (Å²) in [5.74, 6) is 0.0106. The predicted octanol–water partition coefficient (Wildman–Crippen LogP) is 12.0. The number of carbonyl (C=O) groups is 1. The molecule has 6 aromatic rings. The second-order valence-electron chi connectivity index (χ2n) is 15.9. The fourth-order valence-electron chi connectivity index (χ4n) is 7.64. The third kappa shape index (κ3) is 13.3. The highest BCUT2D eigenvalue weighted by Gasteiger charge is 2.47. The number of halogens is 24. The van der Waals surface area contributed by atoms with E-state index in [1.54, 1.807) is 35.3 Å². The van der Waals surface area contributed by atoms with Crippen molar-refractivity contribution in [3.05, 3.63) is 177 Å². The molecule has 0 fully saturated rings. The molecule has 6 rings (SSSR count). The van der Waals surface area contributed by atoms with Crippen LogP contribution in [0.5, 0.6) is 0 Å². The Hall–Kier alpha value is -6.81. The molecule has 4 nitrogen and oxygen atoms in total. The number of carbonyl (C=O) groups excluding carboxylic acids is 1. The van der Waals surface area contributed by atoms with Crippen LogP contribution in [-0.2, 0) is 62.6 Å². The smallest absolute Gasteiger partial charge is 0.385 e. The van der Waals surface area contributed by atoms with Gasteiger partial charge >= 0.3 is 49.4 Å². The molecule has 0 atom stereocenters. The molecule has 74 heavy (non-hydrogen) atoms. The average Bonchev–Trinajstić information content (AvgIpc) is 3.27. The van der Waals surface area contributed by atoms with E-state index in [2.05, 4.69) is 4.98 Å². The number of Topliss-reactive ketones (excluding diaryl/α,β-unsaturated/α-hetero) is 1. The Balaban J connectivity index is 0.000000500. The summed E-state index contributed by atoms with van der Waals surface area (Å²) in [6.07, 6.45) is -50.0. The Labute approximate surface area is 398 Å². The van der Waals surface area contributed by atoms with Crippen LogP contribution in [0.3, 0.4) is 0 Å². The summed E-state index contributed by atoms with van der Waals surface area (Å²) in [5.41, 5.74) is -28.9. The molecular formula is C45H25BF24N2O2. The zero-order valence-corrected chi connectivity index (χ0v) is 35.9. The van der Waals surface area contributed by atoms with Crippen molar-refractivity contribution in [2.75, 3.05) is 0 Å². The van der Waals surface area contributed by atoms with E-state index in [-0.39, 0.29) is 18.9 Å². The number of hydrogen-bond acceptors (Lipinski definition) is 3. The van der Waals surface area contributed by atoms with Gasteiger partial charge in [0.15, 0.2) is 6.20 Å². The molecule has 0 saturated carbocycles. The van der Waals surface area contributed by atoms with Gasteiger partial charge in [0.1, 0.15) is 12.8 Å². The molecule has 0 unspecified atom stereocenters. The van der Waals surface area contributed by atoms with Crippen LogP contribution in [0, 0.1) is 0 Å². The van der Waals surface area contributed by atoms with Crippen LogP contribution < -0.4 is 26.4 Å². The number of alkyl halides is 24. The van der Waals surface area contributed by atoms with Crippen LogP contribution in [0.2, 0.25) is 0 Å². The van der Waals surface area contributed by atoms with E-state index in [9.17, 15) is 110 Å². The lowest BCUT2D eigenvalue weighted by Gasteiger charge is -2.46. The summed E-state index contributed by atoms with van der Waals surface area (Å²) in [5, 5.41) is 9.13. The summed E-state index contributed by atoms with van der Waals surface area (Å²) in [6, 6.07) is 0.283. The second-order valence-corrected chi connectivity index (χ2v) is 15.9. The van der Waals surface area contributed by atoms with Crippen molar-refractivity contribution in [3.63, 3.8) is 0 Å². The van der Waals surface area contributed by atoms with E-state index in [1.165, 1.54) is 0 Å². The summed E-state index contributed by atoms with van der Waals surface area (Å²) >= 11 is 0. The van der Waals surface area contributed by atoms with Gasteiger partial charge < -0.3 is 5.11 Å². The van der Waals surface area contributed by atoms with E-state index in [1.807, 2.05) is 18.2 Å². The van der Waals surface area contributed by atoms with E-state index in [0.29, 0.717) is 11.3 Å². The molecule has 0 bridgehead atoms. The number of aliphatic hydroxyl groups is 1. The molecule has 0 spiro atoms. The molecule has 0 amide bonds. The summed E-state index contributed by atoms with van der Waals surface area (Å²) in [4.78, 5) is 15.9. The molecule has 29 heteroatoms. The number of rotatable bonds is 8. The molecule has 0 aliphatic carbocycles. The van der Waals surface area contributed by atoms with Crippen LogP contribution >= 0.6 is 0 Å². The van der Waals surface area contributed by atoms with Gasteiger partial charge in [-0.05, 0) is 24.3 Å². The zero-order chi connectivity index (χ0) is 56.0. The summed E-state index contributed by atoms with van der Waals surface area (Å²) < 4.78 is 343. The van der Waals surface area contributed by atoms with Crippen molar-refractivity contribution in [2.45, 2.75) is 62.6 Å². The lowest BCUT2D eigenvalue weighted by molar-refractivity contribution is -0.693. The fraction of sp³-hybridized carbons (Fsp3) is 0.222. The molecule has 398 valence electrons. The third-order valence-corrected chi connectivity index (χ3v) is 10.9. The minimum absolute atomic E-state index is 0.0106. The number of aromatic nitrogens is 2. The van der Waals surface area contributed by atoms with E-state index < -0.39 is 195 Å². The molecule has 1 aromatic heterocycles. The Kier molecular flexibility index (Phi) is 15.8. The van der Waals surface area contributed by atoms with Crippen LogP contribution in [0.15, 0.2) is 122 Å². The van der Waals surface area contributed by atoms with Crippen molar-refractivity contribution in [1.29, 1.82) is 0 Å². The molecule has 0 radical (unpaired) electrons. The highest BCUT2D eigenvalue weighted by atomic mass is 19.4. The van der Waals surface area contributed by atoms with Crippen LogP contribution in [0.4, 0.5) is 105 Å². The molecule has 1 heterocycles. The van der Waals surface area contributed by atoms with Gasteiger partial charge in [-0.3, -0.25) is 9.78 Å². The fourth-order valence-corrected chi connectivity index (χ4v) is 7.64. The maximum atomic E-state index is 14.2. The topological polar surface area (TPSA) is 54.1 Å². The van der Waals surface area contributed by atoms with Crippen LogP contribution in [0.25, 0.3) is 0 Å². The SMILES string of the molecule is FC(F)(F)c1cc([B-](c2cc(C(F)(F)F)cc(C(F)(F)F)c2)(c2cc(C(F)(F)F)cc(C(F)(F)F)c2)c2cc(C(F)(F)F)cc(C(F)(F)F)c2)cc(C(F)(F)F)c1.O=C(C[n+]1ccncc1CO)c1ccccc1. The lowest BCUT2D eigenvalue weighted by Crippen LogP contribution is -2.75. The van der Waals surface area contributed by atoms with Gasteiger partial charge in [0.2, 0.25) is 18.0 Å². The second kappa shape index (κ2) is 20.1. The average molecular weight is 1090 g/mol. The molecule has 1 N–H and O–H groups in total. The van der Waals surface area contributed by atoms with Gasteiger partial charge in [-0.15, -0.1) is 0 Å². The first-order valence-corrected chi connectivity index (χ1v) is 19.9. The van der Waals surface area contributed by atoms with Gasteiger partial charge in [0.25, 0.3) is 0 Å². The minimum Gasteiger partial charge on any atom is -0.385 e. The zero-order valence-electron chi connectivity index (χ0n) is 35.9. The maximum absolute atomic E-state index is 14.2. The van der Waals surface area contributed by atoms with Gasteiger partial charge in [0, 0.05) is 5.56 Å². The third-order valence-electron chi connectivity index (χ3n) is 10.9. The van der Waals surface area contributed by atoms with Gasteiger partial charge in [-0.1, -0.05) is 78.9 Å². The van der Waals surface area contributed by atoms with Crippen molar-refractivity contribution in [3.8, 4) is 0 Å². The van der Waals surface area contributed by atoms with E-state index in [4.69, 9.17) is 5.11 Å². The number of benzene rings is 5. The Morgan fingerprint density at radius 1 is 0.419 bits per heavy atom. The normalized spacial score (nSPS) is 13.4. The van der Waals surface area contributed by atoms with Gasteiger partial charge in [0.05, 0.1) is 56.9 Å². The highest BCUT2D eigenvalue weighted by Crippen LogP contribution is 2.41. The number of aliphatic hydroxyl groups excluding tert-OH is 1. The molecule has 0 aliphatic rings. The van der Waals surface area contributed by atoms with Crippen LogP contribution in [0.1, 0.15) is 60.6 Å². The standard InChI is InChI=1S/C32H12BF24.C13H13N2O2/c34-25(35,36)13-1-14(26(37,38)39)6-21(5-13)33(22-7-15(27(40,41)42)2-16(8-22)28(43,44)45,23-9-17(29(46,47)48)3-18(10-23)30(49,50)51)24-11-19(31(52,53)54)4-20(12-24)32(55,56)57;16-10-12-8-14-6-7-15(12)9-13(17)11-4-2-1-3-5-11/h1-12H;1-8,16H,9-10H2/q-1;+1. The van der Waals surface area contributed by atoms with Gasteiger partial charge in [-0.25, -0.2) is 0 Å². The lowest BCUT2D eigenvalue weighted by atomic mass is 9.12. The first-order valence-electron chi connectivity index (χ1n) is 19.9. The van der Waals surface area contributed by atoms with E-state index in [0.717, 1.165) is 0 Å². The van der Waals surface area contributed by atoms with Crippen molar-refractivity contribution in [1.82, 2.24) is 4.98 Å².